The molecule has 0 unspecified atom stereocenters. The van der Waals surface area contributed by atoms with Gasteiger partial charge in [0.15, 0.2) is 5.01 Å². The standard InChI is InChI=1S/C24H28ClN5O2S/c1-30-10-9-19-21(13-30)33-24(29-19)23(32)28-18-6-4-2-3-5-17(18)27-22(31)20-12-14-11-15(25)7-8-16(14)26-20/h7-8,11-12,17-18,26H,2-6,9-10,13H2,1H3,(H,27,31)(H,28,32)/t17-,18-/m0/s1. The fourth-order valence-corrected chi connectivity index (χ4v) is 6.05. The first-order valence-corrected chi connectivity index (χ1v) is 12.7. The Kier molecular flexibility index (Phi) is 6.40. The molecule has 9 heteroatoms. The number of fused-ring (bicyclic) bond motifs is 2. The molecular weight excluding hydrogens is 458 g/mol. The molecule has 3 heterocycles. The van der Waals surface area contributed by atoms with Gasteiger partial charge in [0.05, 0.1) is 5.69 Å². The average Bonchev–Trinajstić information content (AvgIpc) is 3.34. The third-order valence-corrected chi connectivity index (χ3v) is 7.91. The zero-order chi connectivity index (χ0) is 22.9. The number of nitrogens with one attached hydrogen (secondary N) is 3. The maximum absolute atomic E-state index is 13.1. The van der Waals surface area contributed by atoms with Gasteiger partial charge in [-0.15, -0.1) is 11.3 Å². The van der Waals surface area contributed by atoms with Gasteiger partial charge in [0.2, 0.25) is 0 Å². The van der Waals surface area contributed by atoms with Crippen molar-refractivity contribution in [1.82, 2.24) is 25.5 Å². The maximum Gasteiger partial charge on any atom is 0.280 e. The van der Waals surface area contributed by atoms with Gasteiger partial charge in [0.1, 0.15) is 5.69 Å². The summed E-state index contributed by atoms with van der Waals surface area (Å²) in [6.45, 7) is 1.81. The number of carbonyl (C=O) groups is 2. The lowest BCUT2D eigenvalue weighted by atomic mass is 10.0. The van der Waals surface area contributed by atoms with Crippen LogP contribution in [-0.2, 0) is 13.0 Å². The number of rotatable bonds is 4. The van der Waals surface area contributed by atoms with Crippen molar-refractivity contribution in [2.24, 2.45) is 0 Å². The quantitative estimate of drug-likeness (QED) is 0.485. The monoisotopic (exact) mass is 485 g/mol. The first-order chi connectivity index (χ1) is 16.0. The van der Waals surface area contributed by atoms with Gasteiger partial charge in [-0.1, -0.05) is 30.9 Å². The number of thiazole rings is 1. The number of halogens is 1. The predicted octanol–water partition coefficient (Wildman–Crippen LogP) is 4.13. The van der Waals surface area contributed by atoms with Crippen LogP contribution in [-0.4, -0.2) is 52.4 Å². The number of H-pyrrole nitrogens is 1. The van der Waals surface area contributed by atoms with Gasteiger partial charge in [0, 0.05) is 52.4 Å². The van der Waals surface area contributed by atoms with Gasteiger partial charge in [-0.3, -0.25) is 9.59 Å². The van der Waals surface area contributed by atoms with E-state index in [1.54, 1.807) is 6.07 Å². The Morgan fingerprint density at radius 2 is 1.88 bits per heavy atom. The van der Waals surface area contributed by atoms with Gasteiger partial charge >= 0.3 is 0 Å². The molecule has 2 aliphatic rings. The molecule has 2 atom stereocenters. The van der Waals surface area contributed by atoms with E-state index in [-0.39, 0.29) is 23.9 Å². The van der Waals surface area contributed by atoms with Crippen molar-refractivity contribution in [2.75, 3.05) is 13.6 Å². The summed E-state index contributed by atoms with van der Waals surface area (Å²) in [6.07, 6.45) is 5.71. The summed E-state index contributed by atoms with van der Waals surface area (Å²) in [5, 5.41) is 8.42. The molecule has 174 valence electrons. The molecule has 3 aromatic rings. The highest BCUT2D eigenvalue weighted by Crippen LogP contribution is 2.26. The van der Waals surface area contributed by atoms with Crippen LogP contribution in [0.5, 0.6) is 0 Å². The highest BCUT2D eigenvalue weighted by Gasteiger charge is 2.29. The molecular formula is C24H28ClN5O2S. The van der Waals surface area contributed by atoms with Crippen molar-refractivity contribution in [3.8, 4) is 0 Å². The van der Waals surface area contributed by atoms with Crippen molar-refractivity contribution in [1.29, 1.82) is 0 Å². The third-order valence-electron chi connectivity index (χ3n) is 6.59. The van der Waals surface area contributed by atoms with E-state index in [9.17, 15) is 9.59 Å². The number of benzene rings is 1. The minimum Gasteiger partial charge on any atom is -0.351 e. The number of aromatic nitrogens is 2. The number of hydrogen-bond acceptors (Lipinski definition) is 5. The molecule has 1 aliphatic heterocycles. The van der Waals surface area contributed by atoms with Gasteiger partial charge in [-0.05, 0) is 44.2 Å². The van der Waals surface area contributed by atoms with E-state index >= 15 is 0 Å². The zero-order valence-corrected chi connectivity index (χ0v) is 20.2. The van der Waals surface area contributed by atoms with E-state index < -0.39 is 0 Å². The number of hydrogen-bond donors (Lipinski definition) is 3. The van der Waals surface area contributed by atoms with Crippen LogP contribution < -0.4 is 10.6 Å². The van der Waals surface area contributed by atoms with E-state index in [1.807, 2.05) is 18.2 Å². The van der Waals surface area contributed by atoms with Gasteiger partial charge in [-0.25, -0.2) is 4.98 Å². The Bertz CT molecular complexity index is 1190. The Morgan fingerprint density at radius 3 is 2.67 bits per heavy atom. The lowest BCUT2D eigenvalue weighted by molar-refractivity contribution is 0.0876. The third kappa shape index (κ3) is 4.93. The zero-order valence-electron chi connectivity index (χ0n) is 18.6. The molecule has 2 amide bonds. The lowest BCUT2D eigenvalue weighted by Gasteiger charge is -2.26. The number of nitrogens with zero attached hydrogens (tertiary/aromatic N) is 2. The molecule has 33 heavy (non-hydrogen) atoms. The van der Waals surface area contributed by atoms with Crippen LogP contribution in [0.15, 0.2) is 24.3 Å². The SMILES string of the molecule is CN1CCc2nc(C(=O)N[C@H]3CCCCC[C@@H]3NC(=O)c3cc4cc(Cl)ccc4[nH]3)sc2C1. The summed E-state index contributed by atoms with van der Waals surface area (Å²) in [5.41, 5.74) is 2.42. The van der Waals surface area contributed by atoms with E-state index in [1.165, 1.54) is 16.2 Å². The molecule has 1 aromatic carbocycles. The highest BCUT2D eigenvalue weighted by atomic mass is 35.5. The molecule has 5 rings (SSSR count). The number of aromatic amines is 1. The molecule has 0 radical (unpaired) electrons. The van der Waals surface area contributed by atoms with Crippen LogP contribution >= 0.6 is 22.9 Å². The molecule has 1 aliphatic carbocycles. The normalized spacial score (nSPS) is 21.4. The van der Waals surface area contributed by atoms with Crippen molar-refractivity contribution in [2.45, 2.75) is 57.2 Å². The fraction of sp³-hybridized carbons (Fsp3) is 0.458. The average molecular weight is 486 g/mol. The second kappa shape index (κ2) is 9.44. The van der Waals surface area contributed by atoms with Gasteiger partial charge in [-0.2, -0.15) is 0 Å². The number of carbonyl (C=O) groups excluding carboxylic acids is 2. The smallest absolute Gasteiger partial charge is 0.280 e. The van der Waals surface area contributed by atoms with Crippen molar-refractivity contribution >= 4 is 45.7 Å². The largest absolute Gasteiger partial charge is 0.351 e. The number of likely N-dealkylation sites (N-methyl/N-ethyl adjacent to an activating group) is 1. The van der Waals surface area contributed by atoms with E-state index in [4.69, 9.17) is 11.6 Å². The van der Waals surface area contributed by atoms with E-state index in [2.05, 4.69) is 32.5 Å². The fourth-order valence-electron chi connectivity index (χ4n) is 4.78. The Labute approximate surface area is 201 Å². The second-order valence-electron chi connectivity index (χ2n) is 9.09. The van der Waals surface area contributed by atoms with Gasteiger partial charge in [0.25, 0.3) is 11.8 Å². The minimum atomic E-state index is -0.166. The van der Waals surface area contributed by atoms with E-state index in [0.29, 0.717) is 15.7 Å². The van der Waals surface area contributed by atoms with Crippen LogP contribution in [0.3, 0.4) is 0 Å². The molecule has 2 aromatic heterocycles. The van der Waals surface area contributed by atoms with Gasteiger partial charge < -0.3 is 20.5 Å². The number of amides is 2. The minimum absolute atomic E-state index is 0.119. The summed E-state index contributed by atoms with van der Waals surface area (Å²) in [4.78, 5) is 37.3. The van der Waals surface area contributed by atoms with Crippen LogP contribution in [0.2, 0.25) is 5.02 Å². The Balaban J connectivity index is 1.29. The molecule has 3 N–H and O–H groups in total. The van der Waals surface area contributed by atoms with Crippen molar-refractivity contribution < 1.29 is 9.59 Å². The summed E-state index contributed by atoms with van der Waals surface area (Å²) >= 11 is 7.57. The van der Waals surface area contributed by atoms with Crippen molar-refractivity contribution in [3.63, 3.8) is 0 Å². The Morgan fingerprint density at radius 1 is 1.12 bits per heavy atom. The van der Waals surface area contributed by atoms with Crippen LogP contribution in [0.25, 0.3) is 10.9 Å². The summed E-state index contributed by atoms with van der Waals surface area (Å²) in [7, 11) is 2.09. The van der Waals surface area contributed by atoms with Crippen LogP contribution in [0.1, 0.15) is 63.0 Å². The van der Waals surface area contributed by atoms with Crippen LogP contribution in [0, 0.1) is 0 Å². The lowest BCUT2D eigenvalue weighted by Crippen LogP contribution is -2.51. The highest BCUT2D eigenvalue weighted by molar-refractivity contribution is 7.13. The molecule has 7 nitrogen and oxygen atoms in total. The molecule has 0 spiro atoms. The predicted molar refractivity (Wildman–Crippen MR) is 131 cm³/mol. The van der Waals surface area contributed by atoms with Crippen LogP contribution in [0.4, 0.5) is 0 Å². The molecule has 1 fully saturated rings. The summed E-state index contributed by atoms with van der Waals surface area (Å²) < 4.78 is 0. The van der Waals surface area contributed by atoms with Crippen molar-refractivity contribution in [3.05, 3.63) is 50.6 Å². The van der Waals surface area contributed by atoms with E-state index in [0.717, 1.165) is 68.2 Å². The maximum atomic E-state index is 13.1. The molecule has 0 saturated heterocycles. The topological polar surface area (TPSA) is 90.1 Å². The molecule has 1 saturated carbocycles. The first kappa shape index (κ1) is 22.4. The summed E-state index contributed by atoms with van der Waals surface area (Å²) in [6, 6.07) is 7.08. The summed E-state index contributed by atoms with van der Waals surface area (Å²) in [5.74, 6) is -0.301. The molecule has 0 bridgehead atoms. The Hall–Kier alpha value is -2.42. The second-order valence-corrected chi connectivity index (χ2v) is 10.6. The first-order valence-electron chi connectivity index (χ1n) is 11.5.